The Kier molecular flexibility index (Phi) is 8.35. The van der Waals surface area contributed by atoms with Crippen LogP contribution in [0, 0.1) is 11.7 Å². The summed E-state index contributed by atoms with van der Waals surface area (Å²) in [6.07, 6.45) is -0.623. The molecule has 0 saturated heterocycles. The Morgan fingerprint density at radius 1 is 1.21 bits per heavy atom. The van der Waals surface area contributed by atoms with Gasteiger partial charge in [0.05, 0.1) is 6.10 Å². The van der Waals surface area contributed by atoms with Crippen LogP contribution in [0.4, 0.5) is 9.18 Å². The van der Waals surface area contributed by atoms with Crippen LogP contribution in [0.15, 0.2) is 24.3 Å². The fourth-order valence-corrected chi connectivity index (χ4v) is 2.32. The van der Waals surface area contributed by atoms with Gasteiger partial charge in [-0.3, -0.25) is 15.0 Å². The van der Waals surface area contributed by atoms with Crippen molar-refractivity contribution in [3.63, 3.8) is 0 Å². The van der Waals surface area contributed by atoms with Crippen LogP contribution in [0.25, 0.3) is 0 Å². The summed E-state index contributed by atoms with van der Waals surface area (Å²) in [5.74, 6) is -0.373. The molecular formula is C17H26FN3O3. The molecule has 1 unspecified atom stereocenters. The van der Waals surface area contributed by atoms with Crippen molar-refractivity contribution < 1.29 is 19.1 Å². The van der Waals surface area contributed by atoms with Gasteiger partial charge in [-0.1, -0.05) is 26.0 Å². The van der Waals surface area contributed by atoms with Gasteiger partial charge in [-0.25, -0.2) is 9.18 Å². The predicted octanol–water partition coefficient (Wildman–Crippen LogP) is 1.66. The SMILES string of the molecule is CNC(=O)NC(=O)CCN(CC(C)C)CC(O)c1ccc(F)cc1. The summed E-state index contributed by atoms with van der Waals surface area (Å²) in [7, 11) is 1.44. The molecule has 1 aromatic rings. The second-order valence-corrected chi connectivity index (χ2v) is 6.10. The highest BCUT2D eigenvalue weighted by molar-refractivity contribution is 5.94. The molecule has 0 aliphatic rings. The number of nitrogens with one attached hydrogen (secondary N) is 2. The van der Waals surface area contributed by atoms with Crippen LogP contribution in [0.3, 0.4) is 0 Å². The molecule has 24 heavy (non-hydrogen) atoms. The van der Waals surface area contributed by atoms with Crippen molar-refractivity contribution in [1.82, 2.24) is 15.5 Å². The lowest BCUT2D eigenvalue weighted by Crippen LogP contribution is -2.40. The molecule has 0 saturated carbocycles. The van der Waals surface area contributed by atoms with Gasteiger partial charge in [0.15, 0.2) is 0 Å². The zero-order chi connectivity index (χ0) is 18.1. The Morgan fingerprint density at radius 2 is 1.83 bits per heavy atom. The zero-order valence-electron chi connectivity index (χ0n) is 14.4. The van der Waals surface area contributed by atoms with E-state index in [2.05, 4.69) is 10.6 Å². The summed E-state index contributed by atoms with van der Waals surface area (Å²) in [5, 5.41) is 14.8. The molecule has 0 radical (unpaired) electrons. The summed E-state index contributed by atoms with van der Waals surface area (Å²) in [5.41, 5.74) is 0.625. The lowest BCUT2D eigenvalue weighted by atomic mass is 10.1. The number of hydrogen-bond acceptors (Lipinski definition) is 4. The van der Waals surface area contributed by atoms with Crippen LogP contribution in [0.2, 0.25) is 0 Å². The topological polar surface area (TPSA) is 81.7 Å². The number of amides is 3. The molecule has 7 heteroatoms. The van der Waals surface area contributed by atoms with Gasteiger partial charge in [-0.2, -0.15) is 0 Å². The van der Waals surface area contributed by atoms with Crippen molar-refractivity contribution in [1.29, 1.82) is 0 Å². The molecule has 1 rings (SSSR count). The molecule has 0 aliphatic carbocycles. The van der Waals surface area contributed by atoms with Gasteiger partial charge in [-0.05, 0) is 23.6 Å². The Balaban J connectivity index is 2.59. The van der Waals surface area contributed by atoms with Gasteiger partial charge in [0, 0.05) is 33.1 Å². The van der Waals surface area contributed by atoms with Gasteiger partial charge < -0.3 is 10.4 Å². The fraction of sp³-hybridized carbons (Fsp3) is 0.529. The third-order valence-corrected chi connectivity index (χ3v) is 3.44. The molecule has 1 atom stereocenters. The van der Waals surface area contributed by atoms with E-state index in [1.807, 2.05) is 18.7 Å². The highest BCUT2D eigenvalue weighted by Gasteiger charge is 2.16. The van der Waals surface area contributed by atoms with E-state index in [0.717, 1.165) is 0 Å². The van der Waals surface area contributed by atoms with E-state index in [-0.39, 0.29) is 18.1 Å². The molecular weight excluding hydrogens is 313 g/mol. The van der Waals surface area contributed by atoms with Crippen LogP contribution in [-0.2, 0) is 4.79 Å². The molecule has 0 aromatic heterocycles. The van der Waals surface area contributed by atoms with E-state index in [0.29, 0.717) is 31.1 Å². The van der Waals surface area contributed by atoms with E-state index in [4.69, 9.17) is 0 Å². The molecule has 0 aliphatic heterocycles. The van der Waals surface area contributed by atoms with E-state index >= 15 is 0 Å². The monoisotopic (exact) mass is 339 g/mol. The van der Waals surface area contributed by atoms with Gasteiger partial charge in [-0.15, -0.1) is 0 Å². The van der Waals surface area contributed by atoms with E-state index < -0.39 is 12.1 Å². The minimum Gasteiger partial charge on any atom is -0.387 e. The summed E-state index contributed by atoms with van der Waals surface area (Å²) >= 11 is 0. The molecule has 6 nitrogen and oxygen atoms in total. The van der Waals surface area contributed by atoms with Crippen LogP contribution in [0.5, 0.6) is 0 Å². The maximum absolute atomic E-state index is 13.0. The van der Waals surface area contributed by atoms with Crippen LogP contribution in [-0.4, -0.2) is 48.6 Å². The van der Waals surface area contributed by atoms with E-state index in [1.54, 1.807) is 12.1 Å². The fourth-order valence-electron chi connectivity index (χ4n) is 2.32. The Labute approximate surface area is 142 Å². The first-order chi connectivity index (χ1) is 11.3. The first kappa shape index (κ1) is 20.1. The number of imide groups is 1. The largest absolute Gasteiger partial charge is 0.387 e. The number of nitrogens with zero attached hydrogens (tertiary/aromatic N) is 1. The van der Waals surface area contributed by atoms with Crippen LogP contribution < -0.4 is 10.6 Å². The molecule has 3 N–H and O–H groups in total. The Morgan fingerprint density at radius 3 is 2.38 bits per heavy atom. The van der Waals surface area contributed by atoms with E-state index in [1.165, 1.54) is 19.2 Å². The Bertz CT molecular complexity index is 534. The average molecular weight is 339 g/mol. The number of benzene rings is 1. The summed E-state index contributed by atoms with van der Waals surface area (Å²) in [4.78, 5) is 24.8. The van der Waals surface area contributed by atoms with Crippen molar-refractivity contribution in [2.24, 2.45) is 5.92 Å². The summed E-state index contributed by atoms with van der Waals surface area (Å²) in [6, 6.07) is 5.17. The number of aliphatic hydroxyl groups excluding tert-OH is 1. The van der Waals surface area contributed by atoms with Crippen molar-refractivity contribution >= 4 is 11.9 Å². The van der Waals surface area contributed by atoms with Crippen molar-refractivity contribution in [3.8, 4) is 0 Å². The summed E-state index contributed by atoms with van der Waals surface area (Å²) in [6.45, 7) is 5.53. The number of carbonyl (C=O) groups excluding carboxylic acids is 2. The van der Waals surface area contributed by atoms with Gasteiger partial charge in [0.2, 0.25) is 5.91 Å². The lowest BCUT2D eigenvalue weighted by molar-refractivity contribution is -0.120. The first-order valence-electron chi connectivity index (χ1n) is 7.99. The molecule has 3 amide bonds. The van der Waals surface area contributed by atoms with Gasteiger partial charge in [0.1, 0.15) is 5.82 Å². The third-order valence-electron chi connectivity index (χ3n) is 3.44. The second kappa shape index (κ2) is 10.00. The van der Waals surface area contributed by atoms with E-state index in [9.17, 15) is 19.1 Å². The van der Waals surface area contributed by atoms with Crippen molar-refractivity contribution in [2.75, 3.05) is 26.7 Å². The molecule has 134 valence electrons. The maximum Gasteiger partial charge on any atom is 0.321 e. The quantitative estimate of drug-likeness (QED) is 0.673. The molecule has 0 fully saturated rings. The van der Waals surface area contributed by atoms with Crippen molar-refractivity contribution in [2.45, 2.75) is 26.4 Å². The summed E-state index contributed by atoms with van der Waals surface area (Å²) < 4.78 is 13.0. The lowest BCUT2D eigenvalue weighted by Gasteiger charge is -2.26. The van der Waals surface area contributed by atoms with Gasteiger partial charge >= 0.3 is 6.03 Å². The van der Waals surface area contributed by atoms with Gasteiger partial charge in [0.25, 0.3) is 0 Å². The standard InChI is InChI=1S/C17H26FN3O3/c1-12(2)10-21(9-8-16(23)20-17(24)19-3)11-15(22)13-4-6-14(18)7-5-13/h4-7,12,15,22H,8-11H2,1-3H3,(H2,19,20,23,24). The highest BCUT2D eigenvalue weighted by atomic mass is 19.1. The smallest absolute Gasteiger partial charge is 0.321 e. The minimum atomic E-state index is -0.772. The number of halogens is 1. The first-order valence-corrected chi connectivity index (χ1v) is 7.99. The number of urea groups is 1. The second-order valence-electron chi connectivity index (χ2n) is 6.10. The molecule has 0 bridgehead atoms. The normalized spacial score (nSPS) is 12.3. The Hall–Kier alpha value is -1.99. The third kappa shape index (κ3) is 7.52. The molecule has 1 aromatic carbocycles. The number of rotatable bonds is 8. The molecule has 0 spiro atoms. The molecule has 0 heterocycles. The maximum atomic E-state index is 13.0. The zero-order valence-corrected chi connectivity index (χ0v) is 14.4. The number of hydrogen-bond donors (Lipinski definition) is 3. The number of carbonyl (C=O) groups is 2. The number of aliphatic hydroxyl groups is 1. The van der Waals surface area contributed by atoms with Crippen molar-refractivity contribution in [3.05, 3.63) is 35.6 Å². The van der Waals surface area contributed by atoms with Crippen LogP contribution >= 0.6 is 0 Å². The highest BCUT2D eigenvalue weighted by Crippen LogP contribution is 2.16. The average Bonchev–Trinajstić information content (AvgIpc) is 2.52. The minimum absolute atomic E-state index is 0.149. The predicted molar refractivity (Wildman–Crippen MR) is 89.9 cm³/mol. The van der Waals surface area contributed by atoms with Crippen LogP contribution in [0.1, 0.15) is 31.9 Å².